The molecule has 2 aliphatic heterocycles. The maximum Gasteiger partial charge on any atom is 0.230 e. The highest BCUT2D eigenvalue weighted by atomic mass is 16.3. The highest BCUT2D eigenvalue weighted by Gasteiger charge is 2.33. The molecule has 2 N–H and O–H groups in total. The fourth-order valence-electron chi connectivity index (χ4n) is 3.40. The number of rotatable bonds is 3. The van der Waals surface area contributed by atoms with Crippen molar-refractivity contribution in [3.05, 3.63) is 29.8 Å². The number of amides is 1. The van der Waals surface area contributed by atoms with Gasteiger partial charge < -0.3 is 15.3 Å². The first-order valence-electron chi connectivity index (χ1n) is 7.52. The molecule has 1 saturated heterocycles. The van der Waals surface area contributed by atoms with Gasteiger partial charge in [0.2, 0.25) is 5.91 Å². The van der Waals surface area contributed by atoms with Crippen molar-refractivity contribution < 1.29 is 9.90 Å². The first-order valence-corrected chi connectivity index (χ1v) is 7.52. The molecule has 0 aromatic heterocycles. The molecule has 20 heavy (non-hydrogen) atoms. The predicted octanol–water partition coefficient (Wildman–Crippen LogP) is 1.82. The topological polar surface area (TPSA) is 52.6 Å². The SMILES string of the molecule is O=C(C1CCNc2ccccc21)N1CCC(CCO)C1. The van der Waals surface area contributed by atoms with Crippen LogP contribution in [-0.2, 0) is 4.79 Å². The summed E-state index contributed by atoms with van der Waals surface area (Å²) in [5.41, 5.74) is 2.23. The van der Waals surface area contributed by atoms with Crippen molar-refractivity contribution in [2.24, 2.45) is 5.92 Å². The molecule has 108 valence electrons. The molecule has 0 aliphatic carbocycles. The number of hydrogen-bond donors (Lipinski definition) is 2. The molecule has 2 heterocycles. The van der Waals surface area contributed by atoms with Gasteiger partial charge in [-0.1, -0.05) is 18.2 Å². The molecule has 0 bridgehead atoms. The largest absolute Gasteiger partial charge is 0.396 e. The van der Waals surface area contributed by atoms with E-state index >= 15 is 0 Å². The lowest BCUT2D eigenvalue weighted by molar-refractivity contribution is -0.132. The summed E-state index contributed by atoms with van der Waals surface area (Å²) in [6.45, 7) is 2.74. The zero-order valence-corrected chi connectivity index (χ0v) is 11.7. The Morgan fingerprint density at radius 1 is 1.35 bits per heavy atom. The van der Waals surface area contributed by atoms with E-state index < -0.39 is 0 Å². The minimum absolute atomic E-state index is 0.000302. The molecule has 0 saturated carbocycles. The number of para-hydroxylation sites is 1. The monoisotopic (exact) mass is 274 g/mol. The molecule has 1 amide bonds. The molecular weight excluding hydrogens is 252 g/mol. The lowest BCUT2D eigenvalue weighted by atomic mass is 9.90. The number of nitrogens with zero attached hydrogens (tertiary/aromatic N) is 1. The average Bonchev–Trinajstić information content (AvgIpc) is 2.95. The molecule has 2 aliphatic rings. The Hall–Kier alpha value is -1.55. The number of likely N-dealkylation sites (tertiary alicyclic amines) is 1. The number of carbonyl (C=O) groups excluding carboxylic acids is 1. The molecule has 1 aromatic rings. The molecule has 2 atom stereocenters. The number of aliphatic hydroxyl groups is 1. The summed E-state index contributed by atoms with van der Waals surface area (Å²) in [4.78, 5) is 14.7. The van der Waals surface area contributed by atoms with Crippen LogP contribution in [0.3, 0.4) is 0 Å². The van der Waals surface area contributed by atoms with Gasteiger partial charge in [0.15, 0.2) is 0 Å². The van der Waals surface area contributed by atoms with Gasteiger partial charge >= 0.3 is 0 Å². The van der Waals surface area contributed by atoms with Crippen molar-refractivity contribution in [3.63, 3.8) is 0 Å². The van der Waals surface area contributed by atoms with Gasteiger partial charge in [0.05, 0.1) is 5.92 Å². The number of aliphatic hydroxyl groups excluding tert-OH is 1. The maximum atomic E-state index is 12.7. The van der Waals surface area contributed by atoms with Gasteiger partial charge in [-0.2, -0.15) is 0 Å². The van der Waals surface area contributed by atoms with Crippen molar-refractivity contribution >= 4 is 11.6 Å². The second-order valence-corrected chi connectivity index (χ2v) is 5.81. The number of fused-ring (bicyclic) bond motifs is 1. The molecule has 1 fully saturated rings. The zero-order valence-electron chi connectivity index (χ0n) is 11.7. The van der Waals surface area contributed by atoms with Crippen LogP contribution in [0.4, 0.5) is 5.69 Å². The van der Waals surface area contributed by atoms with Gasteiger partial charge in [0.1, 0.15) is 0 Å². The number of hydrogen-bond acceptors (Lipinski definition) is 3. The van der Waals surface area contributed by atoms with Crippen LogP contribution in [-0.4, -0.2) is 42.2 Å². The Morgan fingerprint density at radius 2 is 2.20 bits per heavy atom. The highest BCUT2D eigenvalue weighted by molar-refractivity contribution is 5.86. The Balaban J connectivity index is 1.73. The highest BCUT2D eigenvalue weighted by Crippen LogP contribution is 2.34. The fraction of sp³-hybridized carbons (Fsp3) is 0.562. The minimum atomic E-state index is 0.000302. The molecule has 4 nitrogen and oxygen atoms in total. The van der Waals surface area contributed by atoms with Gasteiger partial charge in [-0.25, -0.2) is 0 Å². The van der Waals surface area contributed by atoms with Gasteiger partial charge in [-0.15, -0.1) is 0 Å². The summed E-state index contributed by atoms with van der Waals surface area (Å²) in [6, 6.07) is 8.12. The summed E-state index contributed by atoms with van der Waals surface area (Å²) in [6.07, 6.45) is 2.71. The van der Waals surface area contributed by atoms with Gasteiger partial charge in [-0.3, -0.25) is 4.79 Å². The first-order chi connectivity index (χ1) is 9.79. The smallest absolute Gasteiger partial charge is 0.230 e. The average molecular weight is 274 g/mol. The summed E-state index contributed by atoms with van der Waals surface area (Å²) in [5, 5.41) is 12.4. The third-order valence-corrected chi connectivity index (χ3v) is 4.52. The van der Waals surface area contributed by atoms with E-state index in [4.69, 9.17) is 5.11 Å². The molecule has 0 radical (unpaired) electrons. The Morgan fingerprint density at radius 3 is 3.05 bits per heavy atom. The normalized spacial score (nSPS) is 25.1. The van der Waals surface area contributed by atoms with Crippen molar-refractivity contribution in [1.29, 1.82) is 0 Å². The van der Waals surface area contributed by atoms with Crippen molar-refractivity contribution in [3.8, 4) is 0 Å². The van der Waals surface area contributed by atoms with E-state index in [1.165, 1.54) is 0 Å². The molecule has 3 rings (SSSR count). The van der Waals surface area contributed by atoms with Crippen LogP contribution >= 0.6 is 0 Å². The minimum Gasteiger partial charge on any atom is -0.396 e. The molecule has 1 aromatic carbocycles. The summed E-state index contributed by atoms with van der Waals surface area (Å²) < 4.78 is 0. The predicted molar refractivity (Wildman–Crippen MR) is 78.7 cm³/mol. The second kappa shape index (κ2) is 5.83. The number of benzene rings is 1. The van der Waals surface area contributed by atoms with Crippen molar-refractivity contribution in [2.75, 3.05) is 31.6 Å². The van der Waals surface area contributed by atoms with Gasteiger partial charge in [-0.05, 0) is 36.8 Å². The Kier molecular flexibility index (Phi) is 3.92. The van der Waals surface area contributed by atoms with E-state index in [0.29, 0.717) is 5.92 Å². The summed E-state index contributed by atoms with van der Waals surface area (Å²) in [7, 11) is 0. The van der Waals surface area contributed by atoms with E-state index in [-0.39, 0.29) is 18.4 Å². The van der Waals surface area contributed by atoms with E-state index in [2.05, 4.69) is 11.4 Å². The van der Waals surface area contributed by atoms with Crippen LogP contribution in [0.25, 0.3) is 0 Å². The Labute approximate surface area is 119 Å². The molecule has 4 heteroatoms. The lowest BCUT2D eigenvalue weighted by Crippen LogP contribution is -2.36. The van der Waals surface area contributed by atoms with Crippen LogP contribution in [0, 0.1) is 5.92 Å². The Bertz CT molecular complexity index is 489. The molecule has 2 unspecified atom stereocenters. The number of anilines is 1. The van der Waals surface area contributed by atoms with Crippen LogP contribution < -0.4 is 5.32 Å². The fourth-order valence-corrected chi connectivity index (χ4v) is 3.40. The van der Waals surface area contributed by atoms with Gasteiger partial charge in [0.25, 0.3) is 0 Å². The standard InChI is InChI=1S/C16H22N2O2/c19-10-7-12-6-9-18(11-12)16(20)14-5-8-17-15-4-2-1-3-13(14)15/h1-4,12,14,17,19H,5-11H2. The van der Waals surface area contributed by atoms with Crippen LogP contribution in [0.15, 0.2) is 24.3 Å². The third-order valence-electron chi connectivity index (χ3n) is 4.52. The quantitative estimate of drug-likeness (QED) is 0.884. The molecule has 0 spiro atoms. The summed E-state index contributed by atoms with van der Waals surface area (Å²) >= 11 is 0. The molecular formula is C16H22N2O2. The van der Waals surface area contributed by atoms with Crippen LogP contribution in [0.2, 0.25) is 0 Å². The lowest BCUT2D eigenvalue weighted by Gasteiger charge is -2.29. The summed E-state index contributed by atoms with van der Waals surface area (Å²) in [5.74, 6) is 0.737. The number of nitrogens with one attached hydrogen (secondary N) is 1. The van der Waals surface area contributed by atoms with E-state index in [9.17, 15) is 4.79 Å². The van der Waals surface area contributed by atoms with E-state index in [1.54, 1.807) is 0 Å². The van der Waals surface area contributed by atoms with E-state index in [0.717, 1.165) is 50.1 Å². The van der Waals surface area contributed by atoms with Crippen LogP contribution in [0.1, 0.15) is 30.7 Å². The van der Waals surface area contributed by atoms with Gasteiger partial charge in [0, 0.05) is 31.9 Å². The van der Waals surface area contributed by atoms with Crippen molar-refractivity contribution in [2.45, 2.75) is 25.2 Å². The first kappa shape index (κ1) is 13.4. The maximum absolute atomic E-state index is 12.7. The zero-order chi connectivity index (χ0) is 13.9. The number of carbonyl (C=O) groups is 1. The van der Waals surface area contributed by atoms with Crippen LogP contribution in [0.5, 0.6) is 0 Å². The second-order valence-electron chi connectivity index (χ2n) is 5.81. The van der Waals surface area contributed by atoms with Crippen molar-refractivity contribution in [1.82, 2.24) is 4.90 Å². The third kappa shape index (κ3) is 2.52. The van der Waals surface area contributed by atoms with E-state index in [1.807, 2.05) is 23.1 Å².